The van der Waals surface area contributed by atoms with Crippen molar-refractivity contribution in [2.75, 3.05) is 5.75 Å². The van der Waals surface area contributed by atoms with Crippen molar-refractivity contribution >= 4 is 11.8 Å². The molecule has 3 N–H and O–H groups in total. The molecule has 0 aromatic carbocycles. The Hall–Kier alpha value is -1.13. The number of aromatic amines is 2. The first-order chi connectivity index (χ1) is 9.85. The summed E-state index contributed by atoms with van der Waals surface area (Å²) in [6.07, 6.45) is -1.01. The van der Waals surface area contributed by atoms with Crippen LogP contribution < -0.4 is 11.2 Å². The van der Waals surface area contributed by atoms with E-state index >= 15 is 0 Å². The molecule has 8 nitrogen and oxygen atoms in total. The van der Waals surface area contributed by atoms with Gasteiger partial charge in [0.25, 0.3) is 5.56 Å². The molecule has 9 heteroatoms. The number of rotatable bonds is 3. The minimum absolute atomic E-state index is 0.370. The summed E-state index contributed by atoms with van der Waals surface area (Å²) in [5.74, 6) is -0.370. The molecule has 3 rings (SSSR count). The van der Waals surface area contributed by atoms with Crippen LogP contribution in [-0.2, 0) is 14.2 Å². The highest BCUT2D eigenvalue weighted by atomic mass is 32.2. The standard InChI is InChI=1S/C12H16N2O6S/c1-12(2)19-7-5(18-10(16)8(7)20-12)4-21-6-3-13-11(17)14-9(6)15/h3,5,7-8,10,16H,4H2,1-2H3,(H2,13,14,15,17)/t5-,7-,8-,10-/m1/s1. The van der Waals surface area contributed by atoms with Crippen LogP contribution in [0.1, 0.15) is 13.8 Å². The van der Waals surface area contributed by atoms with E-state index < -0.39 is 35.5 Å². The van der Waals surface area contributed by atoms with E-state index in [1.165, 1.54) is 18.0 Å². The fourth-order valence-electron chi connectivity index (χ4n) is 2.47. The van der Waals surface area contributed by atoms with E-state index in [2.05, 4.69) is 9.97 Å². The molecule has 2 aliphatic heterocycles. The highest BCUT2D eigenvalue weighted by Gasteiger charge is 2.54. The summed E-state index contributed by atoms with van der Waals surface area (Å²) in [7, 11) is 0. The Morgan fingerprint density at radius 3 is 2.76 bits per heavy atom. The molecule has 0 unspecified atom stereocenters. The highest BCUT2D eigenvalue weighted by molar-refractivity contribution is 7.99. The van der Waals surface area contributed by atoms with Gasteiger partial charge in [-0.3, -0.25) is 9.78 Å². The molecule has 4 atom stereocenters. The fraction of sp³-hybridized carbons (Fsp3) is 0.667. The first-order valence-corrected chi connectivity index (χ1v) is 7.48. The summed E-state index contributed by atoms with van der Waals surface area (Å²) in [5.41, 5.74) is -1.01. The molecule has 1 aromatic heterocycles. The molecule has 0 bridgehead atoms. The number of ether oxygens (including phenoxy) is 3. The Kier molecular flexibility index (Phi) is 3.70. The first kappa shape index (κ1) is 14.8. The molecule has 116 valence electrons. The molecule has 2 fully saturated rings. The maximum absolute atomic E-state index is 11.6. The lowest BCUT2D eigenvalue weighted by molar-refractivity contribution is -0.217. The third-order valence-corrected chi connectivity index (χ3v) is 4.42. The number of fused-ring (bicyclic) bond motifs is 1. The summed E-state index contributed by atoms with van der Waals surface area (Å²) in [5, 5.41) is 9.84. The normalized spacial score (nSPS) is 34.0. The molecule has 21 heavy (non-hydrogen) atoms. The van der Waals surface area contributed by atoms with E-state index in [1.54, 1.807) is 13.8 Å². The average Bonchev–Trinajstić information content (AvgIpc) is 2.84. The van der Waals surface area contributed by atoms with Gasteiger partial charge in [-0.25, -0.2) is 4.79 Å². The fourth-order valence-corrected chi connectivity index (χ4v) is 3.41. The second-order valence-corrected chi connectivity index (χ2v) is 6.44. The average molecular weight is 316 g/mol. The quantitative estimate of drug-likeness (QED) is 0.638. The zero-order valence-corrected chi connectivity index (χ0v) is 12.3. The Morgan fingerprint density at radius 1 is 1.33 bits per heavy atom. The van der Waals surface area contributed by atoms with Gasteiger partial charge in [0, 0.05) is 11.9 Å². The third kappa shape index (κ3) is 2.92. The van der Waals surface area contributed by atoms with Crippen molar-refractivity contribution in [3.05, 3.63) is 27.0 Å². The number of thioether (sulfide) groups is 1. The van der Waals surface area contributed by atoms with Crippen LogP contribution >= 0.6 is 11.8 Å². The molecule has 2 saturated heterocycles. The van der Waals surface area contributed by atoms with Crippen molar-refractivity contribution in [2.45, 2.75) is 49.1 Å². The molecule has 1 aromatic rings. The van der Waals surface area contributed by atoms with Gasteiger partial charge in [0.05, 0.1) is 11.0 Å². The third-order valence-electron chi connectivity index (χ3n) is 3.31. The van der Waals surface area contributed by atoms with Crippen LogP contribution in [0, 0.1) is 0 Å². The second kappa shape index (κ2) is 5.25. The minimum Gasteiger partial charge on any atom is -0.366 e. The Balaban J connectivity index is 1.68. The number of hydrogen-bond donors (Lipinski definition) is 3. The molecule has 3 heterocycles. The number of aliphatic hydroxyl groups is 1. The lowest BCUT2D eigenvalue weighted by Gasteiger charge is -2.22. The van der Waals surface area contributed by atoms with Gasteiger partial charge >= 0.3 is 5.69 Å². The number of aliphatic hydroxyl groups excluding tert-OH is 1. The van der Waals surface area contributed by atoms with Crippen molar-refractivity contribution < 1.29 is 19.3 Å². The second-order valence-electron chi connectivity index (χ2n) is 5.38. The van der Waals surface area contributed by atoms with Crippen LogP contribution in [0.15, 0.2) is 20.7 Å². The van der Waals surface area contributed by atoms with Crippen LogP contribution in [0.25, 0.3) is 0 Å². The monoisotopic (exact) mass is 316 g/mol. The van der Waals surface area contributed by atoms with Crippen molar-refractivity contribution in [3.8, 4) is 0 Å². The molecule has 2 aliphatic rings. The van der Waals surface area contributed by atoms with Crippen LogP contribution in [0.3, 0.4) is 0 Å². The first-order valence-electron chi connectivity index (χ1n) is 6.50. The molecule has 0 radical (unpaired) electrons. The molecular formula is C12H16N2O6S. The van der Waals surface area contributed by atoms with Crippen molar-refractivity contribution in [1.29, 1.82) is 0 Å². The van der Waals surface area contributed by atoms with Crippen LogP contribution in [0.4, 0.5) is 0 Å². The largest absolute Gasteiger partial charge is 0.366 e. The number of nitrogens with one attached hydrogen (secondary N) is 2. The van der Waals surface area contributed by atoms with E-state index in [0.717, 1.165) is 0 Å². The highest BCUT2D eigenvalue weighted by Crippen LogP contribution is 2.39. The number of hydrogen-bond acceptors (Lipinski definition) is 7. The lowest BCUT2D eigenvalue weighted by atomic mass is 10.2. The Labute approximate surface area is 123 Å². The SMILES string of the molecule is CC1(C)O[C@@H]2[C@H](O1)[C@@H](CSc1c[nH]c(=O)[nH]c1=O)O[C@H]2O. The number of aromatic nitrogens is 2. The minimum atomic E-state index is -1.05. The topological polar surface area (TPSA) is 114 Å². The Bertz CT molecular complexity index is 641. The van der Waals surface area contributed by atoms with E-state index in [4.69, 9.17) is 14.2 Å². The van der Waals surface area contributed by atoms with Gasteiger partial charge in [-0.2, -0.15) is 0 Å². The summed E-state index contributed by atoms with van der Waals surface area (Å²) in [6, 6.07) is 0. The van der Waals surface area contributed by atoms with Crippen LogP contribution in [-0.4, -0.2) is 51.2 Å². The van der Waals surface area contributed by atoms with Gasteiger partial charge in [0.1, 0.15) is 12.2 Å². The molecule has 0 spiro atoms. The molecule has 0 saturated carbocycles. The molecule has 0 amide bonds. The smallest absolute Gasteiger partial charge is 0.325 e. The van der Waals surface area contributed by atoms with E-state index in [9.17, 15) is 14.7 Å². The summed E-state index contributed by atoms with van der Waals surface area (Å²) < 4.78 is 16.7. The predicted molar refractivity (Wildman–Crippen MR) is 73.1 cm³/mol. The zero-order valence-electron chi connectivity index (χ0n) is 11.5. The van der Waals surface area contributed by atoms with Crippen LogP contribution in [0.2, 0.25) is 0 Å². The van der Waals surface area contributed by atoms with Gasteiger partial charge in [-0.1, -0.05) is 0 Å². The predicted octanol–water partition coefficient (Wildman–Crippen LogP) is -0.607. The lowest BCUT2D eigenvalue weighted by Crippen LogP contribution is -2.31. The van der Waals surface area contributed by atoms with Gasteiger partial charge in [-0.15, -0.1) is 11.8 Å². The van der Waals surface area contributed by atoms with Crippen molar-refractivity contribution in [3.63, 3.8) is 0 Å². The van der Waals surface area contributed by atoms with E-state index in [-0.39, 0.29) is 6.10 Å². The van der Waals surface area contributed by atoms with Crippen LogP contribution in [0.5, 0.6) is 0 Å². The van der Waals surface area contributed by atoms with E-state index in [1.807, 2.05) is 0 Å². The summed E-state index contributed by atoms with van der Waals surface area (Å²) in [4.78, 5) is 27.5. The van der Waals surface area contributed by atoms with Gasteiger partial charge in [0.2, 0.25) is 0 Å². The van der Waals surface area contributed by atoms with Crippen molar-refractivity contribution in [1.82, 2.24) is 9.97 Å². The molecule has 0 aliphatic carbocycles. The maximum atomic E-state index is 11.6. The van der Waals surface area contributed by atoms with Gasteiger partial charge in [0.15, 0.2) is 12.1 Å². The zero-order chi connectivity index (χ0) is 15.2. The number of H-pyrrole nitrogens is 2. The summed E-state index contributed by atoms with van der Waals surface area (Å²) >= 11 is 1.22. The maximum Gasteiger partial charge on any atom is 0.325 e. The van der Waals surface area contributed by atoms with Gasteiger partial charge in [-0.05, 0) is 13.8 Å². The summed E-state index contributed by atoms with van der Waals surface area (Å²) in [6.45, 7) is 3.55. The molecular weight excluding hydrogens is 300 g/mol. The van der Waals surface area contributed by atoms with Gasteiger partial charge < -0.3 is 24.3 Å². The Morgan fingerprint density at radius 2 is 2.05 bits per heavy atom. The van der Waals surface area contributed by atoms with Crippen molar-refractivity contribution in [2.24, 2.45) is 0 Å². The van der Waals surface area contributed by atoms with E-state index in [0.29, 0.717) is 10.6 Å².